The van der Waals surface area contributed by atoms with Gasteiger partial charge in [-0.15, -0.1) is 0 Å². The second-order valence-corrected chi connectivity index (χ2v) is 5.33. The fourth-order valence-corrected chi connectivity index (χ4v) is 1.46. The third-order valence-corrected chi connectivity index (χ3v) is 2.60. The van der Waals surface area contributed by atoms with E-state index in [-0.39, 0.29) is 11.9 Å². The van der Waals surface area contributed by atoms with E-state index in [9.17, 15) is 4.79 Å². The Bertz CT molecular complexity index is 205. The molecule has 0 saturated carbocycles. The zero-order chi connectivity index (χ0) is 13.3. The van der Waals surface area contributed by atoms with Gasteiger partial charge in [0.2, 0.25) is 5.91 Å². The SMILES string of the molecule is CC(C)CCNC(=O)[C@H](N)CCCNC(C)C. The van der Waals surface area contributed by atoms with E-state index in [0.29, 0.717) is 12.0 Å². The summed E-state index contributed by atoms with van der Waals surface area (Å²) in [6.45, 7) is 10.2. The predicted molar refractivity (Wildman–Crippen MR) is 72.8 cm³/mol. The van der Waals surface area contributed by atoms with Crippen LogP contribution in [0.2, 0.25) is 0 Å². The number of amides is 1. The van der Waals surface area contributed by atoms with E-state index in [1.165, 1.54) is 0 Å². The lowest BCUT2D eigenvalue weighted by Gasteiger charge is -2.14. The summed E-state index contributed by atoms with van der Waals surface area (Å²) in [5, 5.41) is 6.19. The molecule has 102 valence electrons. The van der Waals surface area contributed by atoms with E-state index in [1.54, 1.807) is 0 Å². The van der Waals surface area contributed by atoms with Crippen molar-refractivity contribution in [2.45, 2.75) is 59.0 Å². The molecule has 17 heavy (non-hydrogen) atoms. The van der Waals surface area contributed by atoms with Crippen LogP contribution in [0.15, 0.2) is 0 Å². The topological polar surface area (TPSA) is 67.2 Å². The minimum atomic E-state index is -0.365. The zero-order valence-electron chi connectivity index (χ0n) is 11.8. The highest BCUT2D eigenvalue weighted by Gasteiger charge is 2.12. The van der Waals surface area contributed by atoms with Crippen LogP contribution < -0.4 is 16.4 Å². The number of rotatable bonds is 9. The summed E-state index contributed by atoms with van der Waals surface area (Å²) < 4.78 is 0. The minimum absolute atomic E-state index is 0.0183. The summed E-state index contributed by atoms with van der Waals surface area (Å²) in [7, 11) is 0. The van der Waals surface area contributed by atoms with Gasteiger partial charge in [0.1, 0.15) is 0 Å². The number of carbonyl (C=O) groups is 1. The van der Waals surface area contributed by atoms with Gasteiger partial charge in [0.15, 0.2) is 0 Å². The van der Waals surface area contributed by atoms with E-state index in [1.807, 2.05) is 0 Å². The molecule has 1 atom stereocenters. The highest BCUT2D eigenvalue weighted by Crippen LogP contribution is 1.98. The molecule has 0 spiro atoms. The van der Waals surface area contributed by atoms with Gasteiger partial charge in [0.25, 0.3) is 0 Å². The van der Waals surface area contributed by atoms with Crippen LogP contribution >= 0.6 is 0 Å². The van der Waals surface area contributed by atoms with E-state index < -0.39 is 0 Å². The van der Waals surface area contributed by atoms with Gasteiger partial charge in [-0.3, -0.25) is 4.79 Å². The van der Waals surface area contributed by atoms with Crippen LogP contribution in [-0.2, 0) is 4.79 Å². The van der Waals surface area contributed by atoms with Crippen molar-refractivity contribution >= 4 is 5.91 Å². The monoisotopic (exact) mass is 243 g/mol. The van der Waals surface area contributed by atoms with Crippen molar-refractivity contribution in [3.05, 3.63) is 0 Å². The molecule has 0 fully saturated rings. The molecule has 4 nitrogen and oxygen atoms in total. The number of hydrogen-bond donors (Lipinski definition) is 3. The van der Waals surface area contributed by atoms with Crippen molar-refractivity contribution in [2.24, 2.45) is 11.7 Å². The second-order valence-electron chi connectivity index (χ2n) is 5.33. The maximum atomic E-state index is 11.6. The summed E-state index contributed by atoms with van der Waals surface area (Å²) in [5.41, 5.74) is 5.81. The first-order chi connectivity index (χ1) is 7.93. The smallest absolute Gasteiger partial charge is 0.236 e. The standard InChI is InChI=1S/C13H29N3O/c1-10(2)7-9-16-13(17)12(14)6-5-8-15-11(3)4/h10-12,15H,5-9,14H2,1-4H3,(H,16,17)/t12-/m1/s1. The maximum Gasteiger partial charge on any atom is 0.236 e. The van der Waals surface area contributed by atoms with Crippen molar-refractivity contribution < 1.29 is 4.79 Å². The minimum Gasteiger partial charge on any atom is -0.355 e. The Labute approximate surface area is 106 Å². The van der Waals surface area contributed by atoms with Crippen molar-refractivity contribution in [3.63, 3.8) is 0 Å². The molecular weight excluding hydrogens is 214 g/mol. The molecule has 0 bridgehead atoms. The molecule has 0 aliphatic rings. The summed E-state index contributed by atoms with van der Waals surface area (Å²) in [6, 6.07) is 0.127. The lowest BCUT2D eigenvalue weighted by atomic mass is 10.1. The van der Waals surface area contributed by atoms with Crippen molar-refractivity contribution in [1.29, 1.82) is 0 Å². The molecule has 0 aromatic heterocycles. The van der Waals surface area contributed by atoms with Gasteiger partial charge >= 0.3 is 0 Å². The predicted octanol–water partition coefficient (Wildman–Crippen LogP) is 1.25. The van der Waals surface area contributed by atoms with Gasteiger partial charge in [-0.25, -0.2) is 0 Å². The third-order valence-electron chi connectivity index (χ3n) is 2.60. The summed E-state index contributed by atoms with van der Waals surface area (Å²) >= 11 is 0. The summed E-state index contributed by atoms with van der Waals surface area (Å²) in [5.74, 6) is 0.594. The Morgan fingerprint density at radius 2 is 1.76 bits per heavy atom. The highest BCUT2D eigenvalue weighted by atomic mass is 16.2. The number of carbonyl (C=O) groups excluding carboxylic acids is 1. The molecular formula is C13H29N3O. The van der Waals surface area contributed by atoms with Crippen LogP contribution in [0.3, 0.4) is 0 Å². The van der Waals surface area contributed by atoms with Crippen LogP contribution in [0.25, 0.3) is 0 Å². The Hall–Kier alpha value is -0.610. The van der Waals surface area contributed by atoms with Crippen molar-refractivity contribution in [2.75, 3.05) is 13.1 Å². The molecule has 0 aromatic carbocycles. The van der Waals surface area contributed by atoms with Crippen LogP contribution in [0.4, 0.5) is 0 Å². The molecule has 4 N–H and O–H groups in total. The molecule has 0 aliphatic heterocycles. The molecule has 1 amide bonds. The molecule has 0 aliphatic carbocycles. The fraction of sp³-hybridized carbons (Fsp3) is 0.923. The van der Waals surface area contributed by atoms with Gasteiger partial charge in [0, 0.05) is 12.6 Å². The number of nitrogens with one attached hydrogen (secondary N) is 2. The summed E-state index contributed by atoms with van der Waals surface area (Å²) in [6.07, 6.45) is 2.69. The first-order valence-corrected chi connectivity index (χ1v) is 6.70. The Balaban J connectivity index is 3.53. The summed E-state index contributed by atoms with van der Waals surface area (Å²) in [4.78, 5) is 11.6. The van der Waals surface area contributed by atoms with Crippen LogP contribution in [0.5, 0.6) is 0 Å². The quantitative estimate of drug-likeness (QED) is 0.534. The first-order valence-electron chi connectivity index (χ1n) is 6.70. The second kappa shape index (κ2) is 9.42. The van der Waals surface area contributed by atoms with E-state index in [0.717, 1.165) is 32.4 Å². The Morgan fingerprint density at radius 3 is 2.29 bits per heavy atom. The number of hydrogen-bond acceptors (Lipinski definition) is 3. The molecule has 4 heteroatoms. The highest BCUT2D eigenvalue weighted by molar-refractivity contribution is 5.81. The van der Waals surface area contributed by atoms with Crippen LogP contribution in [-0.4, -0.2) is 31.1 Å². The molecule has 0 rings (SSSR count). The normalized spacial score (nSPS) is 13.1. The van der Waals surface area contributed by atoms with Gasteiger partial charge in [0.05, 0.1) is 6.04 Å². The molecule has 0 aromatic rings. The van der Waals surface area contributed by atoms with Crippen molar-refractivity contribution in [3.8, 4) is 0 Å². The van der Waals surface area contributed by atoms with Gasteiger partial charge in [-0.2, -0.15) is 0 Å². The molecule has 0 heterocycles. The van der Waals surface area contributed by atoms with Crippen molar-refractivity contribution in [1.82, 2.24) is 10.6 Å². The van der Waals surface area contributed by atoms with Crippen LogP contribution in [0.1, 0.15) is 47.0 Å². The lowest BCUT2D eigenvalue weighted by Crippen LogP contribution is -2.41. The maximum absolute atomic E-state index is 11.6. The number of nitrogens with two attached hydrogens (primary N) is 1. The van der Waals surface area contributed by atoms with E-state index in [2.05, 4.69) is 38.3 Å². The average molecular weight is 243 g/mol. The van der Waals surface area contributed by atoms with Gasteiger partial charge in [-0.1, -0.05) is 27.7 Å². The Morgan fingerprint density at radius 1 is 1.12 bits per heavy atom. The van der Waals surface area contributed by atoms with Gasteiger partial charge in [-0.05, 0) is 31.7 Å². The zero-order valence-corrected chi connectivity index (χ0v) is 11.8. The Kier molecular flexibility index (Phi) is 9.09. The third kappa shape index (κ3) is 10.3. The molecule has 0 radical (unpaired) electrons. The first kappa shape index (κ1) is 16.4. The van der Waals surface area contributed by atoms with E-state index in [4.69, 9.17) is 5.73 Å². The molecule has 0 unspecified atom stereocenters. The average Bonchev–Trinajstić information content (AvgIpc) is 2.23. The lowest BCUT2D eigenvalue weighted by molar-refractivity contribution is -0.122. The fourth-order valence-electron chi connectivity index (χ4n) is 1.46. The largest absolute Gasteiger partial charge is 0.355 e. The van der Waals surface area contributed by atoms with Crippen LogP contribution in [0, 0.1) is 5.92 Å². The molecule has 0 saturated heterocycles. The van der Waals surface area contributed by atoms with E-state index >= 15 is 0 Å². The van der Waals surface area contributed by atoms with Gasteiger partial charge < -0.3 is 16.4 Å².